The van der Waals surface area contributed by atoms with Crippen molar-refractivity contribution >= 4 is 17.8 Å². The third kappa shape index (κ3) is 5.48. The van der Waals surface area contributed by atoms with Crippen molar-refractivity contribution in [2.24, 2.45) is 5.92 Å². The summed E-state index contributed by atoms with van der Waals surface area (Å²) in [7, 11) is 0. The Morgan fingerprint density at radius 3 is 2.41 bits per heavy atom. The van der Waals surface area contributed by atoms with Gasteiger partial charge in [-0.2, -0.15) is 0 Å². The lowest BCUT2D eigenvalue weighted by Gasteiger charge is -2.32. The zero-order valence-electron chi connectivity index (χ0n) is 22.3. The molecule has 2 aliphatic rings. The number of carbonyl (C=O) groups excluding carboxylic acids is 2. The highest BCUT2D eigenvalue weighted by Gasteiger charge is 2.43. The number of benzene rings is 4. The van der Waals surface area contributed by atoms with E-state index in [0.29, 0.717) is 31.6 Å². The first-order valence-electron chi connectivity index (χ1n) is 13.7. The highest BCUT2D eigenvalue weighted by molar-refractivity contribution is 5.94. The summed E-state index contributed by atoms with van der Waals surface area (Å²) in [6, 6.07) is 26.3. The second kappa shape index (κ2) is 11.0. The summed E-state index contributed by atoms with van der Waals surface area (Å²) in [4.78, 5) is 39.7. The predicted molar refractivity (Wildman–Crippen MR) is 153 cm³/mol. The normalized spacial score (nSPS) is 17.4. The van der Waals surface area contributed by atoms with Crippen LogP contribution in [0.25, 0.3) is 11.1 Å². The molecule has 0 radical (unpaired) electrons. The van der Waals surface area contributed by atoms with E-state index in [9.17, 15) is 23.9 Å². The van der Waals surface area contributed by atoms with Crippen LogP contribution >= 0.6 is 0 Å². The van der Waals surface area contributed by atoms with E-state index in [0.717, 1.165) is 34.2 Å². The van der Waals surface area contributed by atoms with Crippen LogP contribution in [0.5, 0.6) is 0 Å². The minimum Gasteiger partial charge on any atom is -0.478 e. The lowest BCUT2D eigenvalue weighted by atomic mass is 9.87. The fourth-order valence-corrected chi connectivity index (χ4v) is 5.81. The Balaban J connectivity index is 1.28. The largest absolute Gasteiger partial charge is 0.478 e. The maximum atomic E-state index is 13.5. The summed E-state index contributed by atoms with van der Waals surface area (Å²) in [5.74, 6) is -1.39. The predicted octanol–water partition coefficient (Wildman–Crippen LogP) is 5.81. The number of fused-ring (bicyclic) bond motifs is 1. The lowest BCUT2D eigenvalue weighted by molar-refractivity contribution is -0.122. The molecule has 1 aliphatic heterocycles. The topological polar surface area (TPSA) is 86.7 Å². The molecule has 1 heterocycles. The van der Waals surface area contributed by atoms with E-state index in [2.05, 4.69) is 17.4 Å². The van der Waals surface area contributed by atoms with Gasteiger partial charge in [0.05, 0.1) is 5.56 Å². The van der Waals surface area contributed by atoms with Crippen LogP contribution in [0, 0.1) is 11.7 Å². The maximum Gasteiger partial charge on any atom is 0.335 e. The summed E-state index contributed by atoms with van der Waals surface area (Å²) in [5, 5.41) is 12.6. The number of carbonyl (C=O) groups is 3. The molecule has 1 fully saturated rings. The molecule has 4 aromatic rings. The highest BCUT2D eigenvalue weighted by Crippen LogP contribution is 2.47. The molecular weight excluding hydrogens is 519 g/mol. The van der Waals surface area contributed by atoms with Crippen LogP contribution in [0.4, 0.5) is 4.39 Å². The number of hydrogen-bond donors (Lipinski definition) is 2. The highest BCUT2D eigenvalue weighted by atomic mass is 19.1. The van der Waals surface area contributed by atoms with Crippen LogP contribution < -0.4 is 5.32 Å². The van der Waals surface area contributed by atoms with Gasteiger partial charge in [0.1, 0.15) is 5.82 Å². The Morgan fingerprint density at radius 1 is 0.878 bits per heavy atom. The van der Waals surface area contributed by atoms with E-state index in [1.807, 2.05) is 36.4 Å². The van der Waals surface area contributed by atoms with Gasteiger partial charge in [0.25, 0.3) is 5.91 Å². The monoisotopic (exact) mass is 548 g/mol. The molecule has 0 unspecified atom stereocenters. The standard InChI is InChI=1S/C34H29FN2O4/c35-26-12-9-22(10-13-26)33(39)37-16-15-28-27(23-7-4-8-24(17-23)34(40)41)14-11-25(31(28)20-37)19-36-32(38)30-18-29(30)21-5-2-1-3-6-21/h1-14,17,29-30H,15-16,18-20H2,(H,36,38)(H,40,41)/t29-,30-/m0/s1. The van der Waals surface area contributed by atoms with E-state index >= 15 is 0 Å². The first-order chi connectivity index (χ1) is 19.9. The van der Waals surface area contributed by atoms with Crippen LogP contribution in [0.3, 0.4) is 0 Å². The molecule has 6 nitrogen and oxygen atoms in total. The van der Waals surface area contributed by atoms with Crippen LogP contribution in [0.1, 0.15) is 55.3 Å². The van der Waals surface area contributed by atoms with Gasteiger partial charge in [-0.1, -0.05) is 54.6 Å². The van der Waals surface area contributed by atoms with Gasteiger partial charge in [-0.05, 0) is 88.5 Å². The Bertz CT molecular complexity index is 1630. The van der Waals surface area contributed by atoms with Crippen LogP contribution in [0.2, 0.25) is 0 Å². The van der Waals surface area contributed by atoms with E-state index < -0.39 is 11.8 Å². The van der Waals surface area contributed by atoms with Gasteiger partial charge in [0, 0.05) is 31.1 Å². The molecular formula is C34H29FN2O4. The minimum atomic E-state index is -0.995. The molecule has 2 N–H and O–H groups in total. The van der Waals surface area contributed by atoms with Crippen LogP contribution in [-0.4, -0.2) is 34.3 Å². The number of aromatic carboxylic acids is 1. The fourth-order valence-electron chi connectivity index (χ4n) is 5.81. The summed E-state index contributed by atoms with van der Waals surface area (Å²) in [6.07, 6.45) is 1.39. The molecule has 1 saturated carbocycles. The SMILES string of the molecule is O=C(O)c1cccc(-c2ccc(CNC(=O)[C@H]3C[C@H]3c3ccccc3)c3c2CCN(C(=O)c2ccc(F)cc2)C3)c1. The molecule has 41 heavy (non-hydrogen) atoms. The zero-order valence-corrected chi connectivity index (χ0v) is 22.3. The van der Waals surface area contributed by atoms with Crippen molar-refractivity contribution in [2.45, 2.75) is 31.8 Å². The van der Waals surface area contributed by atoms with Gasteiger partial charge in [-0.3, -0.25) is 9.59 Å². The third-order valence-electron chi connectivity index (χ3n) is 8.12. The van der Waals surface area contributed by atoms with E-state index in [-0.39, 0.29) is 29.2 Å². The van der Waals surface area contributed by atoms with Gasteiger partial charge >= 0.3 is 5.97 Å². The molecule has 0 spiro atoms. The van der Waals surface area contributed by atoms with E-state index in [4.69, 9.17) is 0 Å². The zero-order chi connectivity index (χ0) is 28.5. The quantitative estimate of drug-likeness (QED) is 0.305. The molecule has 0 saturated heterocycles. The lowest BCUT2D eigenvalue weighted by Crippen LogP contribution is -2.37. The first-order valence-corrected chi connectivity index (χ1v) is 13.7. The molecule has 206 valence electrons. The van der Waals surface area contributed by atoms with Gasteiger partial charge in [0.15, 0.2) is 0 Å². The number of halogens is 1. The van der Waals surface area contributed by atoms with Crippen molar-refractivity contribution in [3.63, 3.8) is 0 Å². The van der Waals surface area contributed by atoms with Crippen molar-refractivity contribution in [2.75, 3.05) is 6.54 Å². The van der Waals surface area contributed by atoms with Crippen LogP contribution in [0.15, 0.2) is 91.0 Å². The molecule has 2 atom stereocenters. The molecule has 0 aromatic heterocycles. The fraction of sp³-hybridized carbons (Fsp3) is 0.206. The van der Waals surface area contributed by atoms with E-state index in [1.54, 1.807) is 23.1 Å². The summed E-state index contributed by atoms with van der Waals surface area (Å²) >= 11 is 0. The van der Waals surface area contributed by atoms with Crippen molar-refractivity contribution in [1.82, 2.24) is 10.2 Å². The van der Waals surface area contributed by atoms with Gasteiger partial charge in [-0.25, -0.2) is 9.18 Å². The molecule has 1 aliphatic carbocycles. The number of hydrogen-bond acceptors (Lipinski definition) is 3. The summed E-state index contributed by atoms with van der Waals surface area (Å²) in [6.45, 7) is 1.12. The van der Waals surface area contributed by atoms with Crippen molar-refractivity contribution in [3.8, 4) is 11.1 Å². The second-order valence-electron chi connectivity index (χ2n) is 10.7. The molecule has 0 bridgehead atoms. The maximum absolute atomic E-state index is 13.5. The Kier molecular flexibility index (Phi) is 7.10. The van der Waals surface area contributed by atoms with Crippen LogP contribution in [-0.2, 0) is 24.3 Å². The molecule has 4 aromatic carbocycles. The number of nitrogens with zero attached hydrogens (tertiary/aromatic N) is 1. The Morgan fingerprint density at radius 2 is 1.66 bits per heavy atom. The minimum absolute atomic E-state index is 0.0147. The number of carboxylic acids is 1. The van der Waals surface area contributed by atoms with Crippen molar-refractivity contribution in [3.05, 3.63) is 130 Å². The first kappa shape index (κ1) is 26.4. The third-order valence-corrected chi connectivity index (χ3v) is 8.12. The summed E-state index contributed by atoms with van der Waals surface area (Å²) < 4.78 is 13.5. The van der Waals surface area contributed by atoms with Crippen molar-refractivity contribution < 1.29 is 23.9 Å². The van der Waals surface area contributed by atoms with Crippen molar-refractivity contribution in [1.29, 1.82) is 0 Å². The van der Waals surface area contributed by atoms with Gasteiger partial charge < -0.3 is 15.3 Å². The number of amides is 2. The second-order valence-corrected chi connectivity index (χ2v) is 10.7. The van der Waals surface area contributed by atoms with Gasteiger partial charge in [0.2, 0.25) is 5.91 Å². The number of nitrogens with one attached hydrogen (secondary N) is 1. The van der Waals surface area contributed by atoms with Gasteiger partial charge in [-0.15, -0.1) is 0 Å². The molecule has 6 rings (SSSR count). The number of carboxylic acid groups (broad SMARTS) is 1. The Labute approximate surface area is 237 Å². The summed E-state index contributed by atoms with van der Waals surface area (Å²) in [5.41, 5.74) is 6.39. The number of rotatable bonds is 7. The average Bonchev–Trinajstić information content (AvgIpc) is 3.81. The Hall–Kier alpha value is -4.78. The van der Waals surface area contributed by atoms with E-state index in [1.165, 1.54) is 29.8 Å². The smallest absolute Gasteiger partial charge is 0.335 e. The average molecular weight is 549 g/mol. The molecule has 2 amide bonds. The molecule has 7 heteroatoms.